The summed E-state index contributed by atoms with van der Waals surface area (Å²) in [6.07, 6.45) is 2.25. The van der Waals surface area contributed by atoms with Gasteiger partial charge in [0.1, 0.15) is 11.9 Å². The maximum atomic E-state index is 12.8. The Labute approximate surface area is 201 Å². The van der Waals surface area contributed by atoms with E-state index in [4.69, 9.17) is 4.74 Å². The summed E-state index contributed by atoms with van der Waals surface area (Å²) < 4.78 is 6.95. The molecule has 3 aromatic rings. The SMILES string of the molecule is CC(C)NC(=O)O[C@@H]1CC[C@H](c2cc(NC(=O)c3cc(-c4cccc(O)c4C=O)n(C)n3)n[nH]2)C1. The predicted octanol–water partition coefficient (Wildman–Crippen LogP) is 3.35. The van der Waals surface area contributed by atoms with Gasteiger partial charge in [0.15, 0.2) is 17.8 Å². The molecular weight excluding hydrogens is 452 g/mol. The molecule has 35 heavy (non-hydrogen) atoms. The number of nitrogens with one attached hydrogen (secondary N) is 3. The van der Waals surface area contributed by atoms with Crippen LogP contribution < -0.4 is 10.6 Å². The highest BCUT2D eigenvalue weighted by molar-refractivity contribution is 6.03. The zero-order valence-corrected chi connectivity index (χ0v) is 19.7. The molecule has 184 valence electrons. The van der Waals surface area contributed by atoms with Crippen molar-refractivity contribution in [3.05, 3.63) is 47.3 Å². The van der Waals surface area contributed by atoms with Gasteiger partial charge in [-0.25, -0.2) is 4.79 Å². The van der Waals surface area contributed by atoms with Crippen LogP contribution >= 0.6 is 0 Å². The van der Waals surface area contributed by atoms with Crippen molar-refractivity contribution in [1.29, 1.82) is 0 Å². The van der Waals surface area contributed by atoms with E-state index in [9.17, 15) is 19.5 Å². The third-order valence-corrected chi connectivity index (χ3v) is 5.93. The van der Waals surface area contributed by atoms with Gasteiger partial charge in [-0.05, 0) is 45.2 Å². The largest absolute Gasteiger partial charge is 0.507 e. The Morgan fingerprint density at radius 2 is 2.09 bits per heavy atom. The van der Waals surface area contributed by atoms with E-state index in [2.05, 4.69) is 25.9 Å². The lowest BCUT2D eigenvalue weighted by molar-refractivity contribution is 0.0979. The number of amides is 2. The molecular formula is C24H28N6O5. The van der Waals surface area contributed by atoms with Crippen LogP contribution in [0.5, 0.6) is 5.75 Å². The van der Waals surface area contributed by atoms with Crippen LogP contribution in [0.25, 0.3) is 11.3 Å². The molecule has 1 aliphatic carbocycles. The fraction of sp³-hybridized carbons (Fsp3) is 0.375. The Kier molecular flexibility index (Phi) is 6.85. The monoisotopic (exact) mass is 480 g/mol. The number of aryl methyl sites for hydroxylation is 1. The van der Waals surface area contributed by atoms with Gasteiger partial charge < -0.3 is 20.5 Å². The molecule has 4 N–H and O–H groups in total. The van der Waals surface area contributed by atoms with E-state index >= 15 is 0 Å². The van der Waals surface area contributed by atoms with E-state index in [1.54, 1.807) is 31.3 Å². The Morgan fingerprint density at radius 3 is 2.83 bits per heavy atom. The predicted molar refractivity (Wildman–Crippen MR) is 127 cm³/mol. The topological polar surface area (TPSA) is 151 Å². The number of hydrogen-bond acceptors (Lipinski definition) is 7. The number of alkyl carbamates (subject to hydrolysis) is 1. The molecule has 0 unspecified atom stereocenters. The number of aldehydes is 1. The highest BCUT2D eigenvalue weighted by Crippen LogP contribution is 2.36. The van der Waals surface area contributed by atoms with E-state index in [1.807, 2.05) is 13.8 Å². The van der Waals surface area contributed by atoms with Gasteiger partial charge in [0.25, 0.3) is 5.91 Å². The number of aromatic nitrogens is 4. The number of anilines is 1. The van der Waals surface area contributed by atoms with Crippen molar-refractivity contribution < 1.29 is 24.2 Å². The van der Waals surface area contributed by atoms with Crippen LogP contribution in [0.2, 0.25) is 0 Å². The van der Waals surface area contributed by atoms with Crippen molar-refractivity contribution in [2.45, 2.75) is 51.2 Å². The number of phenolic OH excluding ortho intramolecular Hbond substituents is 1. The number of ether oxygens (including phenoxy) is 1. The maximum absolute atomic E-state index is 12.8. The molecule has 1 saturated carbocycles. The second kappa shape index (κ2) is 10.00. The molecule has 2 heterocycles. The minimum Gasteiger partial charge on any atom is -0.507 e. The first kappa shape index (κ1) is 24.0. The van der Waals surface area contributed by atoms with Crippen LogP contribution in [0.1, 0.15) is 65.6 Å². The maximum Gasteiger partial charge on any atom is 0.407 e. The fourth-order valence-electron chi connectivity index (χ4n) is 4.27. The van der Waals surface area contributed by atoms with Gasteiger partial charge in [0.2, 0.25) is 0 Å². The van der Waals surface area contributed by atoms with Crippen molar-refractivity contribution in [3.8, 4) is 17.0 Å². The Balaban J connectivity index is 1.41. The molecule has 1 aromatic carbocycles. The summed E-state index contributed by atoms with van der Waals surface area (Å²) in [4.78, 5) is 36.1. The summed E-state index contributed by atoms with van der Waals surface area (Å²) in [7, 11) is 1.65. The van der Waals surface area contributed by atoms with Gasteiger partial charge in [-0.1, -0.05) is 12.1 Å². The normalized spacial score (nSPS) is 17.4. The molecule has 0 bridgehead atoms. The molecule has 1 aliphatic rings. The number of carbonyl (C=O) groups is 3. The van der Waals surface area contributed by atoms with Crippen LogP contribution in [0.15, 0.2) is 30.3 Å². The number of phenols is 1. The molecule has 0 aliphatic heterocycles. The lowest BCUT2D eigenvalue weighted by atomic mass is 10.0. The molecule has 2 amide bonds. The van der Waals surface area contributed by atoms with Gasteiger partial charge in [-0.3, -0.25) is 19.4 Å². The molecule has 11 nitrogen and oxygen atoms in total. The summed E-state index contributed by atoms with van der Waals surface area (Å²) in [5.74, 6) is -0.117. The molecule has 11 heteroatoms. The van der Waals surface area contributed by atoms with E-state index in [0.717, 1.165) is 18.5 Å². The third kappa shape index (κ3) is 5.34. The Morgan fingerprint density at radius 1 is 1.29 bits per heavy atom. The first-order chi connectivity index (χ1) is 16.7. The third-order valence-electron chi connectivity index (χ3n) is 5.93. The molecule has 0 radical (unpaired) electrons. The highest BCUT2D eigenvalue weighted by atomic mass is 16.6. The molecule has 2 atom stereocenters. The minimum absolute atomic E-state index is 0.0144. The second-order valence-electron chi connectivity index (χ2n) is 8.89. The smallest absolute Gasteiger partial charge is 0.407 e. The first-order valence-electron chi connectivity index (χ1n) is 11.4. The lowest BCUT2D eigenvalue weighted by Crippen LogP contribution is -2.33. The minimum atomic E-state index is -0.462. The number of carbonyl (C=O) groups excluding carboxylic acids is 3. The zero-order valence-electron chi connectivity index (χ0n) is 19.7. The highest BCUT2D eigenvalue weighted by Gasteiger charge is 2.30. The van der Waals surface area contributed by atoms with E-state index in [1.165, 1.54) is 10.7 Å². The second-order valence-corrected chi connectivity index (χ2v) is 8.89. The van der Waals surface area contributed by atoms with Gasteiger partial charge in [0, 0.05) is 36.3 Å². The fourth-order valence-corrected chi connectivity index (χ4v) is 4.27. The molecule has 0 saturated heterocycles. The number of aromatic hydroxyl groups is 1. The van der Waals surface area contributed by atoms with Crippen molar-refractivity contribution in [3.63, 3.8) is 0 Å². The standard InChI is InChI=1S/C24H28N6O5/c1-13(2)25-24(34)35-15-8-7-14(9-15)18-11-22(28-27-18)26-23(33)19-10-20(30(3)29-19)16-5-4-6-21(32)17(16)12-31/h4-6,10-15,32H,7-9H2,1-3H3,(H,25,34)(H2,26,27,28,33)/t14-,15+/m0/s1. The summed E-state index contributed by atoms with van der Waals surface area (Å²) in [5.41, 5.74) is 2.09. The van der Waals surface area contributed by atoms with E-state index < -0.39 is 12.0 Å². The number of H-pyrrole nitrogens is 1. The van der Waals surface area contributed by atoms with Crippen LogP contribution in [-0.4, -0.2) is 55.5 Å². The molecule has 4 rings (SSSR count). The first-order valence-corrected chi connectivity index (χ1v) is 11.4. The number of hydrogen-bond donors (Lipinski definition) is 4. The van der Waals surface area contributed by atoms with Crippen molar-refractivity contribution >= 4 is 24.1 Å². The van der Waals surface area contributed by atoms with E-state index in [0.29, 0.717) is 29.8 Å². The average molecular weight is 481 g/mol. The van der Waals surface area contributed by atoms with Gasteiger partial charge in [-0.15, -0.1) is 0 Å². The summed E-state index contributed by atoms with van der Waals surface area (Å²) in [6, 6.07) is 8.04. The van der Waals surface area contributed by atoms with E-state index in [-0.39, 0.29) is 35.1 Å². The summed E-state index contributed by atoms with van der Waals surface area (Å²) >= 11 is 0. The zero-order chi connectivity index (χ0) is 25.1. The van der Waals surface area contributed by atoms with Crippen molar-refractivity contribution in [2.24, 2.45) is 7.05 Å². The summed E-state index contributed by atoms with van der Waals surface area (Å²) in [5, 5.41) is 26.8. The molecule has 2 aromatic heterocycles. The number of aromatic amines is 1. The van der Waals surface area contributed by atoms with Gasteiger partial charge >= 0.3 is 6.09 Å². The number of benzene rings is 1. The average Bonchev–Trinajstić information content (AvgIpc) is 3.53. The Bertz CT molecular complexity index is 1250. The number of rotatable bonds is 7. The van der Waals surface area contributed by atoms with Gasteiger partial charge in [0.05, 0.1) is 11.3 Å². The number of nitrogens with zero attached hydrogens (tertiary/aromatic N) is 3. The summed E-state index contributed by atoms with van der Waals surface area (Å²) in [6.45, 7) is 3.75. The Hall–Kier alpha value is -4.15. The van der Waals surface area contributed by atoms with Gasteiger partial charge in [-0.2, -0.15) is 10.2 Å². The van der Waals surface area contributed by atoms with Crippen LogP contribution in [0.4, 0.5) is 10.6 Å². The van der Waals surface area contributed by atoms with Crippen molar-refractivity contribution in [1.82, 2.24) is 25.3 Å². The molecule has 1 fully saturated rings. The van der Waals surface area contributed by atoms with Crippen LogP contribution in [0.3, 0.4) is 0 Å². The lowest BCUT2D eigenvalue weighted by Gasteiger charge is -2.14. The van der Waals surface area contributed by atoms with Crippen LogP contribution in [0, 0.1) is 0 Å². The van der Waals surface area contributed by atoms with Crippen molar-refractivity contribution in [2.75, 3.05) is 5.32 Å². The quantitative estimate of drug-likeness (QED) is 0.379. The van der Waals surface area contributed by atoms with Crippen LogP contribution in [-0.2, 0) is 11.8 Å². The molecule has 0 spiro atoms.